The maximum absolute atomic E-state index is 12.9. The SMILES string of the molecule is CC(=O)C1=NN(c2ccccc2)[C@H](CC(=O)NC2CCCCC2)[C@H]1c1ccco1. The Kier molecular flexibility index (Phi) is 5.79. The largest absolute Gasteiger partial charge is 0.469 e. The predicted molar refractivity (Wildman–Crippen MR) is 112 cm³/mol. The number of hydrazone groups is 1. The van der Waals surface area contributed by atoms with E-state index in [0.29, 0.717) is 11.5 Å². The lowest BCUT2D eigenvalue weighted by Crippen LogP contribution is -2.42. The van der Waals surface area contributed by atoms with Crippen LogP contribution in [-0.4, -0.2) is 29.5 Å². The van der Waals surface area contributed by atoms with Crippen molar-refractivity contribution in [2.75, 3.05) is 5.01 Å². The van der Waals surface area contributed by atoms with Crippen LogP contribution in [-0.2, 0) is 9.59 Å². The van der Waals surface area contributed by atoms with E-state index in [1.54, 1.807) is 12.3 Å². The number of nitrogens with zero attached hydrogens (tertiary/aromatic N) is 2. The first-order valence-corrected chi connectivity index (χ1v) is 10.4. The van der Waals surface area contributed by atoms with Gasteiger partial charge in [-0.25, -0.2) is 0 Å². The molecule has 4 rings (SSSR count). The molecule has 6 heteroatoms. The minimum Gasteiger partial charge on any atom is -0.469 e. The zero-order valence-corrected chi connectivity index (χ0v) is 16.7. The second-order valence-electron chi connectivity index (χ2n) is 7.89. The number of para-hydroxylation sites is 1. The van der Waals surface area contributed by atoms with Gasteiger partial charge >= 0.3 is 0 Å². The maximum Gasteiger partial charge on any atom is 0.222 e. The van der Waals surface area contributed by atoms with Crippen LogP contribution in [0, 0.1) is 0 Å². The smallest absolute Gasteiger partial charge is 0.222 e. The summed E-state index contributed by atoms with van der Waals surface area (Å²) in [6.45, 7) is 1.52. The summed E-state index contributed by atoms with van der Waals surface area (Å²) in [4.78, 5) is 25.3. The summed E-state index contributed by atoms with van der Waals surface area (Å²) < 4.78 is 5.65. The van der Waals surface area contributed by atoms with Crippen LogP contribution in [0.4, 0.5) is 5.69 Å². The Morgan fingerprint density at radius 2 is 1.86 bits per heavy atom. The van der Waals surface area contributed by atoms with Crippen LogP contribution >= 0.6 is 0 Å². The molecule has 1 aromatic heterocycles. The molecule has 2 heterocycles. The highest BCUT2D eigenvalue weighted by atomic mass is 16.3. The van der Waals surface area contributed by atoms with Crippen molar-refractivity contribution in [2.24, 2.45) is 5.10 Å². The number of benzene rings is 1. The molecule has 29 heavy (non-hydrogen) atoms. The lowest BCUT2D eigenvalue weighted by molar-refractivity contribution is -0.122. The van der Waals surface area contributed by atoms with E-state index in [1.165, 1.54) is 13.3 Å². The second kappa shape index (κ2) is 8.64. The van der Waals surface area contributed by atoms with Gasteiger partial charge in [-0.3, -0.25) is 14.6 Å². The number of anilines is 1. The Balaban J connectivity index is 1.62. The lowest BCUT2D eigenvalue weighted by Gasteiger charge is -2.28. The molecule has 152 valence electrons. The molecular weight excluding hydrogens is 366 g/mol. The van der Waals surface area contributed by atoms with Crippen molar-refractivity contribution in [3.63, 3.8) is 0 Å². The van der Waals surface area contributed by atoms with Gasteiger partial charge in [0, 0.05) is 13.0 Å². The van der Waals surface area contributed by atoms with Gasteiger partial charge in [0.15, 0.2) is 5.78 Å². The Labute approximate surface area is 171 Å². The van der Waals surface area contributed by atoms with Crippen molar-refractivity contribution in [3.05, 3.63) is 54.5 Å². The van der Waals surface area contributed by atoms with Gasteiger partial charge in [0.25, 0.3) is 0 Å². The van der Waals surface area contributed by atoms with Crippen molar-refractivity contribution in [3.8, 4) is 0 Å². The van der Waals surface area contributed by atoms with E-state index < -0.39 is 0 Å². The fourth-order valence-corrected chi connectivity index (χ4v) is 4.42. The normalized spacial score (nSPS) is 22.4. The summed E-state index contributed by atoms with van der Waals surface area (Å²) in [5.41, 5.74) is 1.29. The molecule has 1 amide bonds. The van der Waals surface area contributed by atoms with E-state index in [4.69, 9.17) is 4.42 Å². The Bertz CT molecular complexity index is 870. The van der Waals surface area contributed by atoms with Gasteiger partial charge in [0.05, 0.1) is 30.3 Å². The molecule has 1 N–H and O–H groups in total. The fraction of sp³-hybridized carbons (Fsp3) is 0.435. The van der Waals surface area contributed by atoms with Gasteiger partial charge in [-0.1, -0.05) is 37.5 Å². The molecule has 2 aliphatic rings. The summed E-state index contributed by atoms with van der Waals surface area (Å²) in [6, 6.07) is 13.3. The fourth-order valence-electron chi connectivity index (χ4n) is 4.42. The number of amides is 1. The summed E-state index contributed by atoms with van der Waals surface area (Å²) in [6.07, 6.45) is 7.49. The molecule has 6 nitrogen and oxygen atoms in total. The van der Waals surface area contributed by atoms with E-state index in [9.17, 15) is 9.59 Å². The van der Waals surface area contributed by atoms with E-state index in [-0.39, 0.29) is 36.1 Å². The van der Waals surface area contributed by atoms with E-state index in [1.807, 2.05) is 41.4 Å². The van der Waals surface area contributed by atoms with Crippen LogP contribution in [0.25, 0.3) is 0 Å². The van der Waals surface area contributed by atoms with Gasteiger partial charge < -0.3 is 9.73 Å². The molecule has 1 fully saturated rings. The third kappa shape index (κ3) is 4.26. The predicted octanol–water partition coefficient (Wildman–Crippen LogP) is 4.04. The van der Waals surface area contributed by atoms with E-state index in [2.05, 4.69) is 10.4 Å². The monoisotopic (exact) mass is 393 g/mol. The van der Waals surface area contributed by atoms with E-state index >= 15 is 0 Å². The van der Waals surface area contributed by atoms with Crippen LogP contribution in [0.1, 0.15) is 57.1 Å². The number of carbonyl (C=O) groups excluding carboxylic acids is 2. The molecule has 0 bridgehead atoms. The molecule has 1 saturated carbocycles. The molecule has 0 saturated heterocycles. The zero-order chi connectivity index (χ0) is 20.2. The number of ketones is 1. The van der Waals surface area contributed by atoms with Crippen molar-refractivity contribution in [1.29, 1.82) is 0 Å². The third-order valence-electron chi connectivity index (χ3n) is 5.80. The second-order valence-corrected chi connectivity index (χ2v) is 7.89. The molecule has 0 radical (unpaired) electrons. The number of furan rings is 1. The third-order valence-corrected chi connectivity index (χ3v) is 5.80. The minimum absolute atomic E-state index is 0.000565. The van der Waals surface area contributed by atoms with Crippen LogP contribution in [0.2, 0.25) is 0 Å². The number of hydrogen-bond donors (Lipinski definition) is 1. The molecule has 0 unspecified atom stereocenters. The van der Waals surface area contributed by atoms with Gasteiger partial charge in [-0.05, 0) is 37.1 Å². The zero-order valence-electron chi connectivity index (χ0n) is 16.7. The summed E-state index contributed by atoms with van der Waals surface area (Å²) in [5.74, 6) is 0.176. The summed E-state index contributed by atoms with van der Waals surface area (Å²) in [5, 5.41) is 9.64. The molecule has 1 aliphatic heterocycles. The molecule has 2 aromatic rings. The summed E-state index contributed by atoms with van der Waals surface area (Å²) >= 11 is 0. The highest BCUT2D eigenvalue weighted by molar-refractivity contribution is 6.42. The van der Waals surface area contributed by atoms with Gasteiger partial charge in [0.1, 0.15) is 11.5 Å². The highest BCUT2D eigenvalue weighted by Gasteiger charge is 2.43. The first kappa shape index (κ1) is 19.4. The molecule has 1 aliphatic carbocycles. The number of Topliss-reactive ketones (excluding diaryl/α,β-unsaturated/α-hetero) is 1. The van der Waals surface area contributed by atoms with Crippen molar-refractivity contribution < 1.29 is 14.0 Å². The summed E-state index contributed by atoms with van der Waals surface area (Å²) in [7, 11) is 0. The molecule has 1 aromatic carbocycles. The first-order chi connectivity index (χ1) is 14.1. The van der Waals surface area contributed by atoms with Crippen LogP contribution < -0.4 is 10.3 Å². The van der Waals surface area contributed by atoms with Crippen molar-refractivity contribution >= 4 is 23.1 Å². The average molecular weight is 393 g/mol. The standard InChI is InChI=1S/C23H27N3O3/c1-16(27)23-22(20-13-8-14-29-20)19(26(25-23)18-11-6-3-7-12-18)15-21(28)24-17-9-4-2-5-10-17/h3,6-8,11-14,17,19,22H,2,4-5,9-10,15H2,1H3,(H,24,28)/t19-,22+/m1/s1. The Morgan fingerprint density at radius 3 is 2.52 bits per heavy atom. The average Bonchev–Trinajstić information content (AvgIpc) is 3.37. The molecule has 2 atom stereocenters. The molecular formula is C23H27N3O3. The Morgan fingerprint density at radius 1 is 1.10 bits per heavy atom. The van der Waals surface area contributed by atoms with Gasteiger partial charge in [0.2, 0.25) is 5.91 Å². The topological polar surface area (TPSA) is 74.9 Å². The highest BCUT2D eigenvalue weighted by Crippen LogP contribution is 2.37. The first-order valence-electron chi connectivity index (χ1n) is 10.4. The van der Waals surface area contributed by atoms with Crippen LogP contribution in [0.15, 0.2) is 58.2 Å². The maximum atomic E-state index is 12.9. The van der Waals surface area contributed by atoms with Crippen molar-refractivity contribution in [1.82, 2.24) is 5.32 Å². The quantitative estimate of drug-likeness (QED) is 0.804. The van der Waals surface area contributed by atoms with Crippen LogP contribution in [0.5, 0.6) is 0 Å². The number of hydrogen-bond acceptors (Lipinski definition) is 5. The van der Waals surface area contributed by atoms with Gasteiger partial charge in [-0.2, -0.15) is 5.10 Å². The van der Waals surface area contributed by atoms with E-state index in [0.717, 1.165) is 31.4 Å². The number of rotatable bonds is 6. The number of nitrogens with one attached hydrogen (secondary N) is 1. The van der Waals surface area contributed by atoms with Gasteiger partial charge in [-0.15, -0.1) is 0 Å². The number of carbonyl (C=O) groups is 2. The minimum atomic E-state index is -0.375. The van der Waals surface area contributed by atoms with Crippen molar-refractivity contribution in [2.45, 2.75) is 63.5 Å². The Hall–Kier alpha value is -2.89. The molecule has 0 spiro atoms. The lowest BCUT2D eigenvalue weighted by atomic mass is 9.88. The van der Waals surface area contributed by atoms with Crippen LogP contribution in [0.3, 0.4) is 0 Å².